The normalized spacial score (nSPS) is 19.8. The van der Waals surface area contributed by atoms with Gasteiger partial charge in [0.2, 0.25) is 0 Å². The average molecular weight is 321 g/mol. The van der Waals surface area contributed by atoms with Crippen LogP contribution in [0, 0.1) is 0 Å². The molecule has 1 N–H and O–H groups in total. The molecule has 0 saturated heterocycles. The summed E-state index contributed by atoms with van der Waals surface area (Å²) < 4.78 is 0. The summed E-state index contributed by atoms with van der Waals surface area (Å²) in [5.41, 5.74) is 0.280. The van der Waals surface area contributed by atoms with E-state index in [9.17, 15) is 14.7 Å². The van der Waals surface area contributed by atoms with Crippen LogP contribution >= 0.6 is 0 Å². The van der Waals surface area contributed by atoms with Crippen LogP contribution in [0.2, 0.25) is 0 Å². The molecule has 0 spiro atoms. The Labute approximate surface area is 141 Å². The number of rotatable bonds is 5. The molecular formula is C20H19NO3. The highest BCUT2D eigenvalue weighted by Gasteiger charge is 2.49. The van der Waals surface area contributed by atoms with Crippen LogP contribution in [0.5, 0.6) is 0 Å². The van der Waals surface area contributed by atoms with Gasteiger partial charge in [-0.3, -0.25) is 9.59 Å². The van der Waals surface area contributed by atoms with Crippen molar-refractivity contribution < 1.29 is 14.7 Å². The number of hydrogen-bond donors (Lipinski definition) is 1. The van der Waals surface area contributed by atoms with E-state index in [1.807, 2.05) is 43.3 Å². The molecule has 4 nitrogen and oxygen atoms in total. The van der Waals surface area contributed by atoms with E-state index >= 15 is 0 Å². The highest BCUT2D eigenvalue weighted by molar-refractivity contribution is 6.10. The highest BCUT2D eigenvalue weighted by atomic mass is 16.3. The van der Waals surface area contributed by atoms with E-state index in [4.69, 9.17) is 0 Å². The molecule has 0 saturated carbocycles. The van der Waals surface area contributed by atoms with E-state index in [0.29, 0.717) is 17.8 Å². The van der Waals surface area contributed by atoms with Gasteiger partial charge in [-0.2, -0.15) is 0 Å². The Kier molecular flexibility index (Phi) is 4.32. The molecule has 4 heteroatoms. The van der Waals surface area contributed by atoms with Crippen molar-refractivity contribution in [3.63, 3.8) is 0 Å². The first-order chi connectivity index (χ1) is 11.6. The fourth-order valence-electron chi connectivity index (χ4n) is 3.06. The van der Waals surface area contributed by atoms with E-state index in [1.165, 1.54) is 11.0 Å². The highest BCUT2D eigenvalue weighted by Crippen LogP contribution is 2.42. The molecule has 2 aromatic rings. The Morgan fingerprint density at radius 3 is 2.50 bits per heavy atom. The van der Waals surface area contributed by atoms with Gasteiger partial charge in [0, 0.05) is 12.1 Å². The van der Waals surface area contributed by atoms with Crippen LogP contribution in [-0.4, -0.2) is 23.3 Å². The van der Waals surface area contributed by atoms with Crippen LogP contribution < -0.4 is 4.90 Å². The van der Waals surface area contributed by atoms with Crippen LogP contribution in [0.15, 0.2) is 60.7 Å². The number of fused-ring (bicyclic) bond motifs is 1. The summed E-state index contributed by atoms with van der Waals surface area (Å²) in [6.45, 7) is 2.30. The molecule has 1 amide bonds. The lowest BCUT2D eigenvalue weighted by atomic mass is 9.90. The zero-order valence-electron chi connectivity index (χ0n) is 13.5. The summed E-state index contributed by atoms with van der Waals surface area (Å²) in [6, 6.07) is 16.5. The molecule has 0 bridgehead atoms. The van der Waals surface area contributed by atoms with Crippen LogP contribution in [0.4, 0.5) is 5.69 Å². The van der Waals surface area contributed by atoms with Gasteiger partial charge in [0.25, 0.3) is 5.91 Å². The number of benzene rings is 2. The Morgan fingerprint density at radius 2 is 1.79 bits per heavy atom. The number of hydrogen-bond acceptors (Lipinski definition) is 3. The van der Waals surface area contributed by atoms with Gasteiger partial charge >= 0.3 is 0 Å². The zero-order chi connectivity index (χ0) is 17.2. The van der Waals surface area contributed by atoms with Crippen molar-refractivity contribution in [2.75, 3.05) is 11.4 Å². The monoisotopic (exact) mass is 321 g/mol. The van der Waals surface area contributed by atoms with Gasteiger partial charge in [-0.25, -0.2) is 0 Å². The first-order valence-corrected chi connectivity index (χ1v) is 7.96. The number of allylic oxidation sites excluding steroid dienone is 1. The van der Waals surface area contributed by atoms with E-state index < -0.39 is 11.5 Å². The van der Waals surface area contributed by atoms with Crippen LogP contribution in [0.25, 0.3) is 6.08 Å². The Bertz CT molecular complexity index is 798. The van der Waals surface area contributed by atoms with Crippen LogP contribution in [0.1, 0.15) is 24.5 Å². The molecule has 0 radical (unpaired) electrons. The number of carbonyl (C=O) groups is 2. The molecule has 122 valence electrons. The first kappa shape index (κ1) is 16.1. The van der Waals surface area contributed by atoms with Gasteiger partial charge in [-0.05, 0) is 24.6 Å². The molecule has 24 heavy (non-hydrogen) atoms. The Balaban J connectivity index is 1.85. The maximum absolute atomic E-state index is 12.6. The van der Waals surface area contributed by atoms with Gasteiger partial charge in [0.15, 0.2) is 11.4 Å². The molecule has 1 aliphatic heterocycles. The summed E-state index contributed by atoms with van der Waals surface area (Å²) in [5, 5.41) is 10.9. The Morgan fingerprint density at radius 1 is 1.12 bits per heavy atom. The van der Waals surface area contributed by atoms with Gasteiger partial charge in [-0.15, -0.1) is 0 Å². The van der Waals surface area contributed by atoms with E-state index in [2.05, 4.69) is 0 Å². The standard InChI is InChI=1S/C20H19NO3/c1-2-21-18-11-7-6-10-17(18)20(24,19(21)23)14-16(22)13-12-15-8-4-3-5-9-15/h3-13,24H,2,14H2,1H3/b13-12-. The van der Waals surface area contributed by atoms with Crippen molar-refractivity contribution >= 4 is 23.5 Å². The van der Waals surface area contributed by atoms with Crippen molar-refractivity contribution in [3.8, 4) is 0 Å². The molecule has 3 rings (SSSR count). The van der Waals surface area contributed by atoms with Crippen molar-refractivity contribution in [2.24, 2.45) is 0 Å². The second-order valence-corrected chi connectivity index (χ2v) is 5.81. The zero-order valence-corrected chi connectivity index (χ0v) is 13.5. The molecule has 1 heterocycles. The molecule has 2 aromatic carbocycles. The minimum atomic E-state index is -1.79. The largest absolute Gasteiger partial charge is 0.375 e. The van der Waals surface area contributed by atoms with Gasteiger partial charge in [-0.1, -0.05) is 54.6 Å². The minimum Gasteiger partial charge on any atom is -0.375 e. The van der Waals surface area contributed by atoms with Crippen molar-refractivity contribution in [1.82, 2.24) is 0 Å². The SMILES string of the molecule is CCN1C(=O)C(O)(CC(=O)/C=C\c2ccccc2)c2ccccc21. The lowest BCUT2D eigenvalue weighted by molar-refractivity contribution is -0.140. The first-order valence-electron chi connectivity index (χ1n) is 7.96. The quantitative estimate of drug-likeness (QED) is 0.862. The fourth-order valence-corrected chi connectivity index (χ4v) is 3.06. The molecule has 1 atom stereocenters. The maximum Gasteiger partial charge on any atom is 0.264 e. The van der Waals surface area contributed by atoms with Crippen molar-refractivity contribution in [2.45, 2.75) is 18.9 Å². The molecule has 1 unspecified atom stereocenters. The van der Waals surface area contributed by atoms with E-state index in [1.54, 1.807) is 24.3 Å². The fraction of sp³-hybridized carbons (Fsp3) is 0.200. The van der Waals surface area contributed by atoms with E-state index in [-0.39, 0.29) is 12.2 Å². The number of amides is 1. The topological polar surface area (TPSA) is 57.6 Å². The third-order valence-electron chi connectivity index (χ3n) is 4.25. The molecular weight excluding hydrogens is 302 g/mol. The van der Waals surface area contributed by atoms with Gasteiger partial charge < -0.3 is 10.0 Å². The average Bonchev–Trinajstić information content (AvgIpc) is 2.82. The third-order valence-corrected chi connectivity index (χ3v) is 4.25. The number of carbonyl (C=O) groups excluding carboxylic acids is 2. The molecule has 0 fully saturated rings. The summed E-state index contributed by atoms with van der Waals surface area (Å²) in [4.78, 5) is 26.5. The predicted molar refractivity (Wildman–Crippen MR) is 93.5 cm³/mol. The van der Waals surface area contributed by atoms with Crippen molar-refractivity contribution in [3.05, 3.63) is 71.8 Å². The van der Waals surface area contributed by atoms with E-state index in [0.717, 1.165) is 5.56 Å². The minimum absolute atomic E-state index is 0.261. The number of ketones is 1. The van der Waals surface area contributed by atoms with Crippen LogP contribution in [-0.2, 0) is 15.2 Å². The maximum atomic E-state index is 12.6. The number of anilines is 1. The smallest absolute Gasteiger partial charge is 0.264 e. The number of nitrogens with zero attached hydrogens (tertiary/aromatic N) is 1. The van der Waals surface area contributed by atoms with Gasteiger partial charge in [0.1, 0.15) is 0 Å². The lowest BCUT2D eigenvalue weighted by Crippen LogP contribution is -2.41. The lowest BCUT2D eigenvalue weighted by Gasteiger charge is -2.21. The van der Waals surface area contributed by atoms with Crippen molar-refractivity contribution in [1.29, 1.82) is 0 Å². The molecule has 0 aromatic heterocycles. The van der Waals surface area contributed by atoms with Gasteiger partial charge in [0.05, 0.1) is 12.1 Å². The summed E-state index contributed by atoms with van der Waals surface area (Å²) in [6.07, 6.45) is 2.84. The third kappa shape index (κ3) is 2.76. The Hall–Kier alpha value is -2.72. The molecule has 1 aliphatic rings. The number of para-hydroxylation sites is 1. The summed E-state index contributed by atoms with van der Waals surface area (Å²) >= 11 is 0. The predicted octanol–water partition coefficient (Wildman–Crippen LogP) is 2.91. The summed E-state index contributed by atoms with van der Waals surface area (Å²) in [5.74, 6) is -0.727. The number of aliphatic hydroxyl groups is 1. The second-order valence-electron chi connectivity index (χ2n) is 5.81. The summed E-state index contributed by atoms with van der Waals surface area (Å²) in [7, 11) is 0. The number of likely N-dealkylation sites (N-methyl/N-ethyl adjacent to an activating group) is 1. The second kappa shape index (κ2) is 6.42. The molecule has 0 aliphatic carbocycles. The van der Waals surface area contributed by atoms with Crippen LogP contribution in [0.3, 0.4) is 0 Å².